The SMILES string of the molecule is COc1ccc(C(OC([C@H]2O[C@@H](n3cnc4c(N)ncnc43)[C@H](O)[C@@H]2O)(C(c2ccccc2)(c2ccccc2)c2ccc(OC)cc2)C(c2ccccc2)(c2ccccc2)c2ccc(OC)cc2)(c2ccccc2)c2ccccc2)cc1. The lowest BCUT2D eigenvalue weighted by Gasteiger charge is -2.65. The highest BCUT2D eigenvalue weighted by atomic mass is 16.6. The van der Waals surface area contributed by atoms with Gasteiger partial charge in [0.05, 0.1) is 38.5 Å². The zero-order chi connectivity index (χ0) is 56.3. The number of nitrogens with two attached hydrogens (primary N) is 1. The smallest absolute Gasteiger partial charge is 0.167 e. The van der Waals surface area contributed by atoms with Gasteiger partial charge in [-0.1, -0.05) is 218 Å². The van der Waals surface area contributed by atoms with Crippen molar-refractivity contribution in [3.8, 4) is 17.2 Å². The number of anilines is 1. The second-order valence-corrected chi connectivity index (χ2v) is 20.4. The number of methoxy groups -OCH3 is 3. The Kier molecular flexibility index (Phi) is 14.4. The summed E-state index contributed by atoms with van der Waals surface area (Å²) in [6.45, 7) is 0. The van der Waals surface area contributed by atoms with Gasteiger partial charge in [-0.25, -0.2) is 15.0 Å². The quantitative estimate of drug-likeness (QED) is 0.0703. The summed E-state index contributed by atoms with van der Waals surface area (Å²) in [4.78, 5) is 13.6. The lowest BCUT2D eigenvalue weighted by molar-refractivity contribution is -0.247. The molecule has 0 radical (unpaired) electrons. The Labute approximate surface area is 476 Å². The second kappa shape index (κ2) is 22.2. The van der Waals surface area contributed by atoms with Crippen molar-refractivity contribution in [2.75, 3.05) is 27.1 Å². The molecule has 1 aliphatic rings. The topological polar surface area (TPSA) is 156 Å². The van der Waals surface area contributed by atoms with Crippen LogP contribution >= 0.6 is 0 Å². The summed E-state index contributed by atoms with van der Waals surface area (Å²) in [5.74, 6) is 1.99. The molecule has 4 N–H and O–H groups in total. The third-order valence-electron chi connectivity index (χ3n) is 16.5. The van der Waals surface area contributed by atoms with Gasteiger partial charge in [0, 0.05) is 0 Å². The standard InChI is InChI=1S/C70H61N5O7/c1-78-57-40-34-52(35-41-57)67(48-22-10-4-11-23-48,49-24-12-5-13-25-49)70(63-61(76)62(77)66(81-63)75-47-74-60-64(71)72-46-73-65(60)75,68(50-26-14-6-15-27-50,51-28-16-7-17-29-51)53-36-42-58(79-2)43-37-53)82-69(54-30-18-8-19-31-54,55-32-20-9-21-33-55)56-38-44-59(80-3)45-39-56/h4-47,61-63,66,76-77H,1-3H3,(H2,71,72,73)/t61-,62+,63-,66+/m0/s1. The van der Waals surface area contributed by atoms with Crippen molar-refractivity contribution in [2.24, 2.45) is 0 Å². The van der Waals surface area contributed by atoms with Gasteiger partial charge in [-0.05, 0) is 86.5 Å². The average molecular weight is 1080 g/mol. The Balaban J connectivity index is 1.41. The van der Waals surface area contributed by atoms with E-state index in [1.54, 1.807) is 25.9 Å². The van der Waals surface area contributed by atoms with Crippen LogP contribution < -0.4 is 19.9 Å². The summed E-state index contributed by atoms with van der Waals surface area (Å²) in [6, 6.07) is 85.5. The third-order valence-corrected chi connectivity index (χ3v) is 16.5. The van der Waals surface area contributed by atoms with E-state index in [1.165, 1.54) is 12.7 Å². The molecule has 0 spiro atoms. The van der Waals surface area contributed by atoms with Crippen molar-refractivity contribution in [3.05, 3.63) is 318 Å². The predicted octanol–water partition coefficient (Wildman–Crippen LogP) is 11.9. The monoisotopic (exact) mass is 1080 g/mol. The summed E-state index contributed by atoms with van der Waals surface area (Å²) < 4.78 is 37.1. The Hall–Kier alpha value is -9.43. The fourth-order valence-electron chi connectivity index (χ4n) is 13.0. The number of benzene rings is 9. The lowest BCUT2D eigenvalue weighted by Crippen LogP contribution is -2.76. The molecule has 408 valence electrons. The van der Waals surface area contributed by atoms with Crippen molar-refractivity contribution in [2.45, 2.75) is 46.6 Å². The van der Waals surface area contributed by atoms with Gasteiger partial charge in [0.1, 0.15) is 58.6 Å². The van der Waals surface area contributed by atoms with Gasteiger partial charge in [-0.2, -0.15) is 0 Å². The van der Waals surface area contributed by atoms with Gasteiger partial charge in [-0.3, -0.25) is 4.57 Å². The fraction of sp³-hybridized carbons (Fsp3) is 0.157. The van der Waals surface area contributed by atoms with Gasteiger partial charge in [0.25, 0.3) is 0 Å². The molecule has 4 atom stereocenters. The number of hydrogen-bond donors (Lipinski definition) is 3. The first kappa shape index (κ1) is 53.2. The molecule has 0 aliphatic carbocycles. The number of nitrogen functional groups attached to an aromatic ring is 1. The molecule has 0 amide bonds. The number of aromatic nitrogens is 4. The summed E-state index contributed by atoms with van der Waals surface area (Å²) in [5.41, 5.74) is 6.46. The van der Waals surface area contributed by atoms with Gasteiger partial charge in [0.15, 0.2) is 17.7 Å². The molecule has 12 heteroatoms. The molecule has 11 aromatic rings. The third kappa shape index (κ3) is 8.41. The van der Waals surface area contributed by atoms with E-state index in [0.29, 0.717) is 28.3 Å². The van der Waals surface area contributed by atoms with E-state index in [9.17, 15) is 14.9 Å². The van der Waals surface area contributed by atoms with E-state index < -0.39 is 46.6 Å². The molecule has 0 saturated carbocycles. The van der Waals surface area contributed by atoms with Crippen molar-refractivity contribution in [1.29, 1.82) is 0 Å². The van der Waals surface area contributed by atoms with E-state index in [-0.39, 0.29) is 11.5 Å². The highest BCUT2D eigenvalue weighted by Crippen LogP contribution is 2.68. The van der Waals surface area contributed by atoms with Crippen LogP contribution in [-0.2, 0) is 25.9 Å². The lowest BCUT2D eigenvalue weighted by atomic mass is 9.44. The van der Waals surface area contributed by atoms with Crippen LogP contribution in [0, 0.1) is 0 Å². The van der Waals surface area contributed by atoms with Crippen LogP contribution in [-0.4, -0.2) is 75.0 Å². The molecule has 12 rings (SSSR count). The maximum absolute atomic E-state index is 14.3. The van der Waals surface area contributed by atoms with Crippen LogP contribution in [0.3, 0.4) is 0 Å². The van der Waals surface area contributed by atoms with Crippen LogP contribution in [0.5, 0.6) is 17.2 Å². The minimum Gasteiger partial charge on any atom is -0.497 e. The van der Waals surface area contributed by atoms with Crippen molar-refractivity contribution < 1.29 is 33.9 Å². The Morgan fingerprint density at radius 1 is 0.415 bits per heavy atom. The molecular formula is C70H61N5O7. The van der Waals surface area contributed by atoms with Crippen LogP contribution in [0.15, 0.2) is 267 Å². The summed E-state index contributed by atoms with van der Waals surface area (Å²) in [5, 5.41) is 27.8. The highest BCUT2D eigenvalue weighted by Gasteiger charge is 2.77. The largest absolute Gasteiger partial charge is 0.497 e. The molecule has 0 unspecified atom stereocenters. The van der Waals surface area contributed by atoms with Crippen molar-refractivity contribution >= 4 is 17.0 Å². The first-order valence-electron chi connectivity index (χ1n) is 27.2. The molecule has 1 aliphatic heterocycles. The number of hydrogen-bond acceptors (Lipinski definition) is 11. The maximum atomic E-state index is 14.3. The molecule has 82 heavy (non-hydrogen) atoms. The number of nitrogens with zero attached hydrogens (tertiary/aromatic N) is 4. The normalized spacial score (nSPS) is 16.6. The Morgan fingerprint density at radius 3 is 1.11 bits per heavy atom. The van der Waals surface area contributed by atoms with E-state index in [0.717, 1.165) is 44.5 Å². The molecule has 1 saturated heterocycles. The zero-order valence-electron chi connectivity index (χ0n) is 45.5. The van der Waals surface area contributed by atoms with Crippen molar-refractivity contribution in [1.82, 2.24) is 19.5 Å². The first-order chi connectivity index (χ1) is 40.3. The molecule has 2 aromatic heterocycles. The predicted molar refractivity (Wildman–Crippen MR) is 317 cm³/mol. The first-order valence-corrected chi connectivity index (χ1v) is 27.2. The van der Waals surface area contributed by atoms with Crippen LogP contribution in [0.4, 0.5) is 5.82 Å². The average Bonchev–Trinajstić information content (AvgIpc) is 1.02. The molecule has 1 fully saturated rings. The summed E-state index contributed by atoms with van der Waals surface area (Å²) in [7, 11) is 4.94. The molecule has 12 nitrogen and oxygen atoms in total. The number of aliphatic hydroxyl groups is 2. The van der Waals surface area contributed by atoms with E-state index in [4.69, 9.17) is 29.7 Å². The van der Waals surface area contributed by atoms with Crippen LogP contribution in [0.25, 0.3) is 11.2 Å². The fourth-order valence-corrected chi connectivity index (χ4v) is 13.0. The van der Waals surface area contributed by atoms with Crippen molar-refractivity contribution in [3.63, 3.8) is 0 Å². The maximum Gasteiger partial charge on any atom is 0.167 e. The molecule has 0 bridgehead atoms. The van der Waals surface area contributed by atoms with Gasteiger partial charge < -0.3 is 39.6 Å². The van der Waals surface area contributed by atoms with Gasteiger partial charge in [-0.15, -0.1) is 0 Å². The van der Waals surface area contributed by atoms with E-state index >= 15 is 0 Å². The van der Waals surface area contributed by atoms with Crippen LogP contribution in [0.2, 0.25) is 0 Å². The van der Waals surface area contributed by atoms with E-state index in [1.807, 2.05) is 158 Å². The zero-order valence-corrected chi connectivity index (χ0v) is 45.5. The number of rotatable bonds is 18. The summed E-state index contributed by atoms with van der Waals surface area (Å²) in [6.07, 6.45) is -3.55. The number of fused-ring (bicyclic) bond motifs is 1. The minimum absolute atomic E-state index is 0.138. The van der Waals surface area contributed by atoms with Gasteiger partial charge in [0.2, 0.25) is 0 Å². The number of imidazole rings is 1. The minimum atomic E-state index is -2.19. The Morgan fingerprint density at radius 2 is 0.744 bits per heavy atom. The van der Waals surface area contributed by atoms with E-state index in [2.05, 4.69) is 107 Å². The molecule has 3 heterocycles. The summed E-state index contributed by atoms with van der Waals surface area (Å²) >= 11 is 0. The number of ether oxygens (including phenoxy) is 5. The van der Waals surface area contributed by atoms with Gasteiger partial charge >= 0.3 is 0 Å². The van der Waals surface area contributed by atoms with Crippen LogP contribution in [0.1, 0.15) is 56.3 Å². The molecule has 9 aromatic carbocycles. The highest BCUT2D eigenvalue weighted by molar-refractivity contribution is 5.81. The second-order valence-electron chi connectivity index (χ2n) is 20.4. The molecular weight excluding hydrogens is 1020 g/mol. The number of aliphatic hydroxyl groups excluding tert-OH is 2. The Bertz CT molecular complexity index is 3620.